The lowest BCUT2D eigenvalue weighted by Crippen LogP contribution is -2.75. The second kappa shape index (κ2) is 4.39. The topological polar surface area (TPSA) is 55.8 Å². The third-order valence-corrected chi connectivity index (χ3v) is 3.92. The Morgan fingerprint density at radius 2 is 1.89 bits per heavy atom. The minimum atomic E-state index is -0.792. The van der Waals surface area contributed by atoms with Crippen molar-refractivity contribution in [2.24, 2.45) is 5.92 Å². The number of esters is 1. The summed E-state index contributed by atoms with van der Waals surface area (Å²) in [4.78, 5) is 26.0. The Balaban J connectivity index is 2.20. The maximum atomic E-state index is 12.3. The van der Waals surface area contributed by atoms with E-state index < -0.39 is 17.2 Å². The summed E-state index contributed by atoms with van der Waals surface area (Å²) in [7, 11) is 1.37. The van der Waals surface area contributed by atoms with Crippen LogP contribution in [-0.2, 0) is 14.3 Å². The average molecular weight is 269 g/mol. The lowest BCUT2D eigenvalue weighted by molar-refractivity contribution is -0.183. The zero-order valence-corrected chi connectivity index (χ0v) is 12.4. The molecule has 3 fully saturated rings. The number of piperidine rings is 1. The molecular formula is C14H23NO4. The molecule has 3 atom stereocenters. The zero-order valence-electron chi connectivity index (χ0n) is 12.4. The van der Waals surface area contributed by atoms with E-state index in [9.17, 15) is 9.59 Å². The third-order valence-electron chi connectivity index (χ3n) is 3.92. The van der Waals surface area contributed by atoms with Gasteiger partial charge in [-0.05, 0) is 39.5 Å². The van der Waals surface area contributed by atoms with Gasteiger partial charge in [0.1, 0.15) is 11.1 Å². The highest BCUT2D eigenvalue weighted by Gasteiger charge is 2.64. The average Bonchev–Trinajstić information content (AvgIpc) is 2.23. The number of hydrogen-bond donors (Lipinski definition) is 0. The van der Waals surface area contributed by atoms with Crippen molar-refractivity contribution in [2.75, 3.05) is 7.11 Å². The molecule has 0 radical (unpaired) electrons. The lowest BCUT2D eigenvalue weighted by Gasteiger charge is -2.60. The Bertz CT molecular complexity index is 401. The smallest absolute Gasteiger partial charge is 0.411 e. The summed E-state index contributed by atoms with van der Waals surface area (Å²) in [6.07, 6.45) is 1.89. The van der Waals surface area contributed by atoms with Crippen LogP contribution in [0.5, 0.6) is 0 Å². The Morgan fingerprint density at radius 3 is 2.42 bits per heavy atom. The molecule has 19 heavy (non-hydrogen) atoms. The Labute approximate surface area is 114 Å². The van der Waals surface area contributed by atoms with Crippen molar-refractivity contribution in [3.05, 3.63) is 0 Å². The van der Waals surface area contributed by atoms with Crippen LogP contribution < -0.4 is 0 Å². The van der Waals surface area contributed by atoms with E-state index in [1.807, 2.05) is 20.8 Å². The first-order valence-electron chi connectivity index (χ1n) is 6.80. The van der Waals surface area contributed by atoms with Gasteiger partial charge in [-0.25, -0.2) is 9.59 Å². The van der Waals surface area contributed by atoms with Gasteiger partial charge in [0.25, 0.3) is 0 Å². The van der Waals surface area contributed by atoms with Gasteiger partial charge >= 0.3 is 12.1 Å². The van der Waals surface area contributed by atoms with Gasteiger partial charge in [-0.2, -0.15) is 0 Å². The monoisotopic (exact) mass is 269 g/mol. The van der Waals surface area contributed by atoms with Crippen LogP contribution in [-0.4, -0.2) is 41.3 Å². The van der Waals surface area contributed by atoms with Gasteiger partial charge in [0.2, 0.25) is 0 Å². The number of carbonyl (C=O) groups excluding carboxylic acids is 2. The van der Waals surface area contributed by atoms with Crippen molar-refractivity contribution >= 4 is 12.1 Å². The summed E-state index contributed by atoms with van der Waals surface area (Å²) in [5, 5.41) is 0. The number of nitrogens with zero attached hydrogens (tertiary/aromatic N) is 1. The summed E-state index contributed by atoms with van der Waals surface area (Å²) in [6, 6.07) is 0.109. The first kappa shape index (κ1) is 14.2. The number of rotatable bonds is 1. The molecule has 1 aliphatic carbocycles. The van der Waals surface area contributed by atoms with Crippen molar-refractivity contribution in [3.63, 3.8) is 0 Å². The second-order valence-electron chi connectivity index (χ2n) is 6.78. The molecule has 0 aromatic heterocycles. The number of ether oxygens (including phenoxy) is 2. The largest absolute Gasteiger partial charge is 0.467 e. The van der Waals surface area contributed by atoms with E-state index in [1.165, 1.54) is 7.11 Å². The first-order chi connectivity index (χ1) is 8.69. The van der Waals surface area contributed by atoms with Gasteiger partial charge in [0.15, 0.2) is 0 Å². The van der Waals surface area contributed by atoms with Gasteiger partial charge in [-0.1, -0.05) is 6.92 Å². The van der Waals surface area contributed by atoms with Crippen molar-refractivity contribution in [1.82, 2.24) is 4.90 Å². The molecule has 2 unspecified atom stereocenters. The standard InChI is InChI=1S/C14H23NO4/c1-9-6-10-8-14(7-9,11(16)18-5)15(10)12(17)19-13(2,3)4/h9-10H,6-8H2,1-5H3/t9-,10?,14?/m1/s1. The maximum absolute atomic E-state index is 12.3. The Kier molecular flexibility index (Phi) is 3.27. The first-order valence-corrected chi connectivity index (χ1v) is 6.80. The molecule has 5 nitrogen and oxygen atoms in total. The fourth-order valence-electron chi connectivity index (χ4n) is 3.40. The molecule has 3 rings (SSSR count). The fraction of sp³-hybridized carbons (Fsp3) is 0.857. The molecule has 2 heterocycles. The molecule has 108 valence electrons. The van der Waals surface area contributed by atoms with E-state index in [-0.39, 0.29) is 12.0 Å². The number of hydrogen-bond acceptors (Lipinski definition) is 4. The lowest BCUT2D eigenvalue weighted by atomic mass is 9.64. The van der Waals surface area contributed by atoms with Crippen LogP contribution in [0.1, 0.15) is 47.0 Å². The van der Waals surface area contributed by atoms with Crippen LogP contribution in [0.25, 0.3) is 0 Å². The quantitative estimate of drug-likeness (QED) is 0.686. The molecular weight excluding hydrogens is 246 g/mol. The zero-order chi connectivity index (χ0) is 14.4. The molecule has 2 saturated heterocycles. The van der Waals surface area contributed by atoms with E-state index in [4.69, 9.17) is 9.47 Å². The molecule has 5 heteroatoms. The molecule has 3 aliphatic rings. The van der Waals surface area contributed by atoms with E-state index in [2.05, 4.69) is 6.92 Å². The van der Waals surface area contributed by atoms with E-state index in [1.54, 1.807) is 4.90 Å². The number of amides is 1. The Hall–Kier alpha value is -1.26. The third kappa shape index (κ3) is 2.30. The predicted molar refractivity (Wildman–Crippen MR) is 69.6 cm³/mol. The van der Waals surface area contributed by atoms with Crippen LogP contribution in [0.4, 0.5) is 4.79 Å². The number of methoxy groups -OCH3 is 1. The normalized spacial score (nSPS) is 33.4. The van der Waals surface area contributed by atoms with Crippen LogP contribution in [0, 0.1) is 5.92 Å². The SMILES string of the molecule is COC(=O)C12CC(C[C@@H](C)C1)N2C(=O)OC(C)(C)C. The molecule has 1 amide bonds. The summed E-state index contributed by atoms with van der Waals surface area (Å²) >= 11 is 0. The van der Waals surface area contributed by atoms with Crippen molar-refractivity contribution < 1.29 is 19.1 Å². The van der Waals surface area contributed by atoms with Gasteiger partial charge < -0.3 is 9.47 Å². The molecule has 2 aliphatic heterocycles. The Morgan fingerprint density at radius 1 is 1.26 bits per heavy atom. The highest BCUT2D eigenvalue weighted by Crippen LogP contribution is 2.50. The van der Waals surface area contributed by atoms with Crippen molar-refractivity contribution in [1.29, 1.82) is 0 Å². The highest BCUT2D eigenvalue weighted by molar-refractivity contribution is 5.88. The van der Waals surface area contributed by atoms with Crippen molar-refractivity contribution in [2.45, 2.75) is 64.1 Å². The van der Waals surface area contributed by atoms with Gasteiger partial charge in [-0.3, -0.25) is 4.90 Å². The summed E-state index contributed by atoms with van der Waals surface area (Å²) < 4.78 is 10.3. The second-order valence-corrected chi connectivity index (χ2v) is 6.78. The summed E-state index contributed by atoms with van der Waals surface area (Å²) in [6.45, 7) is 7.59. The predicted octanol–water partition coefficient (Wildman–Crippen LogP) is 2.34. The van der Waals surface area contributed by atoms with Crippen LogP contribution in [0.3, 0.4) is 0 Å². The molecule has 2 bridgehead atoms. The molecule has 0 aromatic carbocycles. The molecule has 0 spiro atoms. The minimum Gasteiger partial charge on any atom is -0.467 e. The van der Waals surface area contributed by atoms with E-state index in [0.717, 1.165) is 6.42 Å². The van der Waals surface area contributed by atoms with Crippen molar-refractivity contribution in [3.8, 4) is 0 Å². The highest BCUT2D eigenvalue weighted by atomic mass is 16.6. The van der Waals surface area contributed by atoms with Gasteiger partial charge in [-0.15, -0.1) is 0 Å². The number of fused-ring (bicyclic) bond motifs is 2. The molecule has 0 aromatic rings. The van der Waals surface area contributed by atoms with Crippen LogP contribution >= 0.6 is 0 Å². The minimum absolute atomic E-state index is 0.109. The molecule has 0 N–H and O–H groups in total. The van der Waals surface area contributed by atoms with Crippen LogP contribution in [0.2, 0.25) is 0 Å². The fourth-order valence-corrected chi connectivity index (χ4v) is 3.40. The maximum Gasteiger partial charge on any atom is 0.411 e. The summed E-state index contributed by atoms with van der Waals surface area (Å²) in [5.41, 5.74) is -1.34. The van der Waals surface area contributed by atoms with Gasteiger partial charge in [0, 0.05) is 12.5 Å². The number of carbonyl (C=O) groups is 2. The molecule has 1 saturated carbocycles. The van der Waals surface area contributed by atoms with Gasteiger partial charge in [0.05, 0.1) is 7.11 Å². The van der Waals surface area contributed by atoms with Crippen LogP contribution in [0.15, 0.2) is 0 Å². The summed E-state index contributed by atoms with van der Waals surface area (Å²) in [5.74, 6) is 0.109. The van der Waals surface area contributed by atoms with E-state index in [0.29, 0.717) is 18.8 Å². The van der Waals surface area contributed by atoms with E-state index >= 15 is 0 Å².